The van der Waals surface area contributed by atoms with Gasteiger partial charge in [-0.05, 0) is 17.7 Å². The third-order valence-electron chi connectivity index (χ3n) is 2.17. The van der Waals surface area contributed by atoms with E-state index < -0.39 is 0 Å². The second kappa shape index (κ2) is 5.07. The average Bonchev–Trinajstić information content (AvgIpc) is 2.31. The van der Waals surface area contributed by atoms with Crippen molar-refractivity contribution < 1.29 is 4.79 Å². The fourth-order valence-corrected chi connectivity index (χ4v) is 1.42. The number of carbonyl (C=O) groups excluding carboxylic acids is 1. The zero-order valence-corrected chi connectivity index (χ0v) is 8.76. The Morgan fingerprint density at radius 1 is 1.06 bits per heavy atom. The summed E-state index contributed by atoms with van der Waals surface area (Å²) >= 11 is 0. The Morgan fingerprint density at radius 3 is 2.44 bits per heavy atom. The van der Waals surface area contributed by atoms with Crippen LogP contribution in [0.1, 0.15) is 5.56 Å². The molecule has 80 valence electrons. The van der Waals surface area contributed by atoms with Crippen molar-refractivity contribution in [2.75, 3.05) is 5.32 Å². The molecule has 1 amide bonds. The van der Waals surface area contributed by atoms with Crippen molar-refractivity contribution in [3.8, 4) is 0 Å². The molecule has 0 bridgehead atoms. The zero-order valence-electron chi connectivity index (χ0n) is 8.76. The largest absolute Gasteiger partial charge is 0.326 e. The number of amides is 1. The number of carbonyl (C=O) groups is 1. The summed E-state index contributed by atoms with van der Waals surface area (Å²) in [5.41, 5.74) is 1.78. The molecule has 3 nitrogen and oxygen atoms in total. The lowest BCUT2D eigenvalue weighted by molar-refractivity contribution is -0.115. The molecule has 2 aromatic rings. The van der Waals surface area contributed by atoms with Gasteiger partial charge in [0.05, 0.1) is 6.42 Å². The topological polar surface area (TPSA) is 42.0 Å². The molecule has 3 heteroatoms. The summed E-state index contributed by atoms with van der Waals surface area (Å²) in [6.07, 6.45) is 3.69. The number of rotatable bonds is 3. The van der Waals surface area contributed by atoms with Gasteiger partial charge < -0.3 is 5.32 Å². The third kappa shape index (κ3) is 2.92. The molecule has 2 rings (SSSR count). The average molecular weight is 212 g/mol. The van der Waals surface area contributed by atoms with Gasteiger partial charge in [0, 0.05) is 18.1 Å². The Hall–Kier alpha value is -2.16. The molecule has 0 saturated carbocycles. The van der Waals surface area contributed by atoms with E-state index in [9.17, 15) is 4.79 Å². The summed E-state index contributed by atoms with van der Waals surface area (Å²) in [5.74, 6) is -0.0163. The van der Waals surface area contributed by atoms with Crippen LogP contribution in [0.4, 0.5) is 5.69 Å². The van der Waals surface area contributed by atoms with Crippen LogP contribution in [0.2, 0.25) is 0 Å². The number of hydrogen-bond donors (Lipinski definition) is 1. The van der Waals surface area contributed by atoms with Gasteiger partial charge >= 0.3 is 0 Å². The maximum atomic E-state index is 11.7. The van der Waals surface area contributed by atoms with Crippen molar-refractivity contribution in [3.05, 3.63) is 60.4 Å². The number of pyridine rings is 1. The first-order chi connectivity index (χ1) is 7.84. The Balaban J connectivity index is 1.95. The predicted molar refractivity (Wildman–Crippen MR) is 63.0 cm³/mol. The predicted octanol–water partition coefficient (Wildman–Crippen LogP) is 2.26. The first-order valence-corrected chi connectivity index (χ1v) is 5.08. The van der Waals surface area contributed by atoms with E-state index in [4.69, 9.17) is 0 Å². The van der Waals surface area contributed by atoms with E-state index in [0.717, 1.165) is 11.3 Å². The van der Waals surface area contributed by atoms with Crippen molar-refractivity contribution in [3.63, 3.8) is 0 Å². The molecular weight excluding hydrogens is 200 g/mol. The first kappa shape index (κ1) is 10.4. The minimum atomic E-state index is -0.0163. The van der Waals surface area contributed by atoms with Gasteiger partial charge in [0.2, 0.25) is 5.91 Å². The molecule has 1 N–H and O–H groups in total. The first-order valence-electron chi connectivity index (χ1n) is 5.08. The van der Waals surface area contributed by atoms with Crippen LogP contribution in [0.3, 0.4) is 0 Å². The molecule has 1 aromatic heterocycles. The smallest absolute Gasteiger partial charge is 0.228 e. The minimum absolute atomic E-state index is 0.0163. The number of anilines is 1. The molecule has 0 aliphatic rings. The molecule has 0 aliphatic carbocycles. The molecule has 0 radical (unpaired) electrons. The number of aromatic nitrogens is 1. The van der Waals surface area contributed by atoms with Crippen molar-refractivity contribution >= 4 is 11.6 Å². The number of benzene rings is 1. The molecule has 0 atom stereocenters. The lowest BCUT2D eigenvalue weighted by Crippen LogP contribution is -2.14. The van der Waals surface area contributed by atoms with Crippen LogP contribution in [0, 0.1) is 0 Å². The number of nitrogens with one attached hydrogen (secondary N) is 1. The van der Waals surface area contributed by atoms with E-state index in [1.165, 1.54) is 0 Å². The Kier molecular flexibility index (Phi) is 3.28. The summed E-state index contributed by atoms with van der Waals surface area (Å²) < 4.78 is 0. The molecule has 1 aromatic carbocycles. The van der Waals surface area contributed by atoms with Crippen molar-refractivity contribution in [2.45, 2.75) is 6.42 Å². The summed E-state index contributed by atoms with van der Waals surface area (Å²) in [5, 5.41) is 2.81. The molecular formula is C13H12N2O. The number of nitrogens with zero attached hydrogens (tertiary/aromatic N) is 1. The van der Waals surface area contributed by atoms with Crippen LogP contribution in [0.5, 0.6) is 0 Å². The van der Waals surface area contributed by atoms with E-state index >= 15 is 0 Å². The van der Waals surface area contributed by atoms with Gasteiger partial charge in [-0.3, -0.25) is 9.78 Å². The van der Waals surface area contributed by atoms with Gasteiger partial charge in [0.15, 0.2) is 0 Å². The van der Waals surface area contributed by atoms with Gasteiger partial charge in [-0.25, -0.2) is 0 Å². The molecule has 0 fully saturated rings. The van der Waals surface area contributed by atoms with Crippen LogP contribution in [0.25, 0.3) is 0 Å². The highest BCUT2D eigenvalue weighted by molar-refractivity contribution is 5.92. The Bertz CT molecular complexity index is 410. The van der Waals surface area contributed by atoms with Gasteiger partial charge in [0.1, 0.15) is 0 Å². The normalized spacial score (nSPS) is 9.75. The van der Waals surface area contributed by atoms with E-state index in [2.05, 4.69) is 10.3 Å². The van der Waals surface area contributed by atoms with Crippen LogP contribution in [-0.4, -0.2) is 10.9 Å². The van der Waals surface area contributed by atoms with Gasteiger partial charge in [-0.15, -0.1) is 0 Å². The summed E-state index contributed by atoms with van der Waals surface area (Å²) in [6, 6.07) is 13.2. The molecule has 0 spiro atoms. The third-order valence-corrected chi connectivity index (χ3v) is 2.17. The molecule has 16 heavy (non-hydrogen) atoms. The number of hydrogen-bond acceptors (Lipinski definition) is 2. The fraction of sp³-hybridized carbons (Fsp3) is 0.0769. The highest BCUT2D eigenvalue weighted by Gasteiger charge is 2.02. The maximum absolute atomic E-state index is 11.7. The Morgan fingerprint density at radius 2 is 1.75 bits per heavy atom. The second-order valence-corrected chi connectivity index (χ2v) is 3.45. The summed E-state index contributed by atoms with van der Waals surface area (Å²) in [7, 11) is 0. The van der Waals surface area contributed by atoms with Crippen molar-refractivity contribution in [1.29, 1.82) is 0 Å². The van der Waals surface area contributed by atoms with Gasteiger partial charge in [0.25, 0.3) is 0 Å². The maximum Gasteiger partial charge on any atom is 0.228 e. The minimum Gasteiger partial charge on any atom is -0.326 e. The van der Waals surface area contributed by atoms with Crippen LogP contribution in [-0.2, 0) is 11.2 Å². The second-order valence-electron chi connectivity index (χ2n) is 3.45. The Labute approximate surface area is 94.1 Å². The van der Waals surface area contributed by atoms with Crippen molar-refractivity contribution in [1.82, 2.24) is 4.98 Å². The summed E-state index contributed by atoms with van der Waals surface area (Å²) in [4.78, 5) is 15.5. The van der Waals surface area contributed by atoms with Crippen LogP contribution in [0.15, 0.2) is 54.9 Å². The van der Waals surface area contributed by atoms with Crippen LogP contribution >= 0.6 is 0 Å². The van der Waals surface area contributed by atoms with E-state index in [0.29, 0.717) is 6.42 Å². The highest BCUT2D eigenvalue weighted by atomic mass is 16.1. The molecule has 0 aliphatic heterocycles. The molecule has 0 saturated heterocycles. The van der Waals surface area contributed by atoms with Gasteiger partial charge in [-0.1, -0.05) is 30.3 Å². The molecule has 1 heterocycles. The summed E-state index contributed by atoms with van der Waals surface area (Å²) in [6.45, 7) is 0. The monoisotopic (exact) mass is 212 g/mol. The van der Waals surface area contributed by atoms with Crippen LogP contribution < -0.4 is 5.32 Å². The zero-order chi connectivity index (χ0) is 11.2. The lowest BCUT2D eigenvalue weighted by atomic mass is 10.1. The van der Waals surface area contributed by atoms with Gasteiger partial charge in [-0.2, -0.15) is 0 Å². The molecule has 0 unspecified atom stereocenters. The van der Waals surface area contributed by atoms with E-state index in [1.807, 2.05) is 30.3 Å². The quantitative estimate of drug-likeness (QED) is 0.848. The lowest BCUT2D eigenvalue weighted by Gasteiger charge is -2.04. The van der Waals surface area contributed by atoms with Crippen molar-refractivity contribution in [2.24, 2.45) is 0 Å². The van der Waals surface area contributed by atoms with E-state index in [-0.39, 0.29) is 5.91 Å². The SMILES string of the molecule is O=C(Cc1ccccc1)Nc1ccncc1. The van der Waals surface area contributed by atoms with E-state index in [1.54, 1.807) is 24.5 Å². The highest BCUT2D eigenvalue weighted by Crippen LogP contribution is 2.05. The standard InChI is InChI=1S/C13H12N2O/c16-13(10-11-4-2-1-3-5-11)15-12-6-8-14-9-7-12/h1-9H,10H2,(H,14,15,16). The fourth-order valence-electron chi connectivity index (χ4n) is 1.42.